The largest absolute Gasteiger partial charge is 0.396 e. The molecule has 96 valence electrons. The predicted molar refractivity (Wildman–Crippen MR) is 74.8 cm³/mol. The lowest BCUT2D eigenvalue weighted by Crippen LogP contribution is -2.32. The van der Waals surface area contributed by atoms with Crippen LogP contribution in [0.4, 0.5) is 4.39 Å². The molecule has 0 amide bonds. The van der Waals surface area contributed by atoms with Crippen molar-refractivity contribution in [3.8, 4) is 0 Å². The summed E-state index contributed by atoms with van der Waals surface area (Å²) in [4.78, 5) is 0. The number of rotatable bonds is 7. The van der Waals surface area contributed by atoms with Gasteiger partial charge in [-0.15, -0.1) is 0 Å². The molecule has 1 atom stereocenters. The summed E-state index contributed by atoms with van der Waals surface area (Å²) in [6.45, 7) is 0.620. The van der Waals surface area contributed by atoms with Gasteiger partial charge >= 0.3 is 0 Å². The summed E-state index contributed by atoms with van der Waals surface area (Å²) < 4.78 is 14.3. The van der Waals surface area contributed by atoms with Gasteiger partial charge < -0.3 is 10.4 Å². The van der Waals surface area contributed by atoms with Crippen molar-refractivity contribution >= 4 is 27.7 Å². The van der Waals surface area contributed by atoms with Crippen molar-refractivity contribution < 1.29 is 9.50 Å². The third-order valence-electron chi connectivity index (χ3n) is 2.47. The number of halogens is 2. The summed E-state index contributed by atoms with van der Waals surface area (Å²) in [5.41, 5.74) is 0.636. The minimum absolute atomic E-state index is 0.149. The molecule has 1 aromatic rings. The molecule has 0 aliphatic carbocycles. The van der Waals surface area contributed by atoms with E-state index in [1.165, 1.54) is 6.07 Å². The lowest BCUT2D eigenvalue weighted by Gasteiger charge is -2.17. The highest BCUT2D eigenvalue weighted by molar-refractivity contribution is 9.10. The second-order valence-electron chi connectivity index (χ2n) is 3.75. The molecule has 0 fully saturated rings. The topological polar surface area (TPSA) is 32.3 Å². The van der Waals surface area contributed by atoms with E-state index < -0.39 is 0 Å². The Labute approximate surface area is 114 Å². The number of nitrogens with one attached hydrogen (secondary N) is 1. The van der Waals surface area contributed by atoms with Gasteiger partial charge in [-0.1, -0.05) is 22.0 Å². The first-order chi connectivity index (χ1) is 8.19. The van der Waals surface area contributed by atoms with Crippen molar-refractivity contribution in [2.24, 2.45) is 0 Å². The molecule has 0 aliphatic heterocycles. The molecule has 5 heteroatoms. The van der Waals surface area contributed by atoms with Crippen LogP contribution in [0.5, 0.6) is 0 Å². The molecule has 0 saturated carbocycles. The molecule has 2 N–H and O–H groups in total. The standard InChI is InChI=1S/C12H17BrFNOS/c1-17-8-9(5-6-16)15-7-10-11(13)3-2-4-12(10)14/h2-4,9,15-16H,5-8H2,1H3. The second kappa shape index (κ2) is 8.08. The van der Waals surface area contributed by atoms with Gasteiger partial charge in [-0.3, -0.25) is 0 Å². The molecule has 1 rings (SSSR count). The van der Waals surface area contributed by atoms with E-state index in [1.807, 2.05) is 12.3 Å². The van der Waals surface area contributed by atoms with E-state index in [2.05, 4.69) is 21.2 Å². The average Bonchev–Trinajstić information content (AvgIpc) is 2.29. The Bertz CT molecular complexity index is 325. The maximum absolute atomic E-state index is 13.5. The summed E-state index contributed by atoms with van der Waals surface area (Å²) in [6, 6.07) is 5.17. The highest BCUT2D eigenvalue weighted by atomic mass is 79.9. The van der Waals surface area contributed by atoms with Crippen molar-refractivity contribution in [1.29, 1.82) is 0 Å². The molecule has 0 aliphatic rings. The molecule has 0 bridgehead atoms. The smallest absolute Gasteiger partial charge is 0.128 e. The van der Waals surface area contributed by atoms with Gasteiger partial charge in [0.05, 0.1) is 0 Å². The summed E-state index contributed by atoms with van der Waals surface area (Å²) in [6.07, 6.45) is 2.71. The van der Waals surface area contributed by atoms with Crippen molar-refractivity contribution in [3.63, 3.8) is 0 Å². The van der Waals surface area contributed by atoms with Crippen molar-refractivity contribution in [1.82, 2.24) is 5.32 Å². The van der Waals surface area contributed by atoms with E-state index >= 15 is 0 Å². The van der Waals surface area contributed by atoms with E-state index in [4.69, 9.17) is 5.11 Å². The molecule has 1 unspecified atom stereocenters. The third-order valence-corrected chi connectivity index (χ3v) is 3.95. The van der Waals surface area contributed by atoms with Crippen LogP contribution < -0.4 is 5.32 Å². The fourth-order valence-electron chi connectivity index (χ4n) is 1.55. The van der Waals surface area contributed by atoms with Crippen LogP contribution in [-0.4, -0.2) is 29.8 Å². The Balaban J connectivity index is 2.58. The molecule has 0 saturated heterocycles. The molecule has 17 heavy (non-hydrogen) atoms. The van der Waals surface area contributed by atoms with Crippen LogP contribution in [-0.2, 0) is 6.54 Å². The summed E-state index contributed by atoms with van der Waals surface area (Å²) in [5.74, 6) is 0.700. The molecular formula is C12H17BrFNOS. The first-order valence-corrected chi connectivity index (χ1v) is 7.63. The monoisotopic (exact) mass is 321 g/mol. The Kier molecular flexibility index (Phi) is 7.11. The van der Waals surface area contributed by atoms with Gasteiger partial charge in [0.1, 0.15) is 5.82 Å². The van der Waals surface area contributed by atoms with Gasteiger partial charge in [0, 0.05) is 35.0 Å². The zero-order valence-electron chi connectivity index (χ0n) is 9.75. The quantitative estimate of drug-likeness (QED) is 0.810. The van der Waals surface area contributed by atoms with Crippen LogP contribution in [0, 0.1) is 5.82 Å². The highest BCUT2D eigenvalue weighted by Crippen LogP contribution is 2.19. The van der Waals surface area contributed by atoms with Gasteiger partial charge in [-0.25, -0.2) is 4.39 Å². The first-order valence-electron chi connectivity index (χ1n) is 5.45. The third kappa shape index (κ3) is 4.95. The number of aliphatic hydroxyl groups excluding tert-OH is 1. The maximum atomic E-state index is 13.5. The minimum Gasteiger partial charge on any atom is -0.396 e. The van der Waals surface area contributed by atoms with Crippen molar-refractivity contribution in [3.05, 3.63) is 34.1 Å². The lowest BCUT2D eigenvalue weighted by atomic mass is 10.2. The van der Waals surface area contributed by atoms with Gasteiger partial charge in [0.2, 0.25) is 0 Å². The number of thioether (sulfide) groups is 1. The SMILES string of the molecule is CSCC(CCO)NCc1c(F)cccc1Br. The van der Waals surface area contributed by atoms with Crippen LogP contribution in [0.2, 0.25) is 0 Å². The molecule has 0 spiro atoms. The second-order valence-corrected chi connectivity index (χ2v) is 5.51. The fourth-order valence-corrected chi connectivity index (χ4v) is 2.72. The zero-order valence-corrected chi connectivity index (χ0v) is 12.2. The Morgan fingerprint density at radius 2 is 2.29 bits per heavy atom. The normalized spacial score (nSPS) is 12.7. The van der Waals surface area contributed by atoms with Gasteiger partial charge in [-0.05, 0) is 24.8 Å². The van der Waals surface area contributed by atoms with Crippen molar-refractivity contribution in [2.45, 2.75) is 19.0 Å². The van der Waals surface area contributed by atoms with E-state index in [0.29, 0.717) is 18.5 Å². The van der Waals surface area contributed by atoms with Crippen LogP contribution in [0.3, 0.4) is 0 Å². The van der Waals surface area contributed by atoms with Gasteiger partial charge in [-0.2, -0.15) is 11.8 Å². The maximum Gasteiger partial charge on any atom is 0.128 e. The average molecular weight is 322 g/mol. The van der Waals surface area contributed by atoms with Crippen LogP contribution in [0.15, 0.2) is 22.7 Å². The van der Waals surface area contributed by atoms with Crippen LogP contribution in [0.1, 0.15) is 12.0 Å². The molecular weight excluding hydrogens is 305 g/mol. The Morgan fingerprint density at radius 3 is 2.88 bits per heavy atom. The molecule has 0 aromatic heterocycles. The predicted octanol–water partition coefficient (Wildman–Crippen LogP) is 2.79. The number of aliphatic hydroxyl groups is 1. The molecule has 2 nitrogen and oxygen atoms in total. The van der Waals surface area contributed by atoms with E-state index in [1.54, 1.807) is 17.8 Å². The minimum atomic E-state index is -0.209. The molecule has 1 aromatic carbocycles. The highest BCUT2D eigenvalue weighted by Gasteiger charge is 2.10. The molecule has 0 radical (unpaired) electrons. The first kappa shape index (κ1) is 15.0. The van der Waals surface area contributed by atoms with Gasteiger partial charge in [0.25, 0.3) is 0 Å². The van der Waals surface area contributed by atoms with E-state index in [9.17, 15) is 4.39 Å². The summed E-state index contributed by atoms with van der Waals surface area (Å²) in [5, 5.41) is 12.2. The van der Waals surface area contributed by atoms with Gasteiger partial charge in [0.15, 0.2) is 0 Å². The summed E-state index contributed by atoms with van der Waals surface area (Å²) >= 11 is 5.05. The Hall–Kier alpha value is -0.100. The summed E-state index contributed by atoms with van der Waals surface area (Å²) in [7, 11) is 0. The van der Waals surface area contributed by atoms with E-state index in [-0.39, 0.29) is 18.5 Å². The zero-order chi connectivity index (χ0) is 12.7. The Morgan fingerprint density at radius 1 is 1.53 bits per heavy atom. The number of benzene rings is 1. The van der Waals surface area contributed by atoms with Crippen LogP contribution >= 0.6 is 27.7 Å². The van der Waals surface area contributed by atoms with E-state index in [0.717, 1.165) is 10.2 Å². The fraction of sp³-hybridized carbons (Fsp3) is 0.500. The van der Waals surface area contributed by atoms with Crippen molar-refractivity contribution in [2.75, 3.05) is 18.6 Å². The van der Waals surface area contributed by atoms with Crippen LogP contribution in [0.25, 0.3) is 0 Å². The number of hydrogen-bond donors (Lipinski definition) is 2. The lowest BCUT2D eigenvalue weighted by molar-refractivity contribution is 0.269. The number of hydrogen-bond acceptors (Lipinski definition) is 3. The molecule has 0 heterocycles.